The molecular weight excluding hydrogens is 486 g/mol. The highest BCUT2D eigenvalue weighted by Gasteiger charge is 2.34. The van der Waals surface area contributed by atoms with E-state index in [0.29, 0.717) is 30.8 Å². The van der Waals surface area contributed by atoms with Gasteiger partial charge in [-0.25, -0.2) is 9.78 Å². The van der Waals surface area contributed by atoms with Crippen molar-refractivity contribution in [3.63, 3.8) is 0 Å². The van der Waals surface area contributed by atoms with E-state index in [1.54, 1.807) is 62.3 Å². The highest BCUT2D eigenvalue weighted by atomic mass is 16.5. The number of amides is 4. The number of rotatable bonds is 8. The first kappa shape index (κ1) is 28.9. The molecule has 1 aliphatic heterocycles. The molecule has 2 aromatic rings. The number of hydrogen-bond donors (Lipinski definition) is 2. The number of carbonyl (C=O) groups excluding carboxylic acids is 3. The Labute approximate surface area is 224 Å². The van der Waals surface area contributed by atoms with E-state index < -0.39 is 12.1 Å². The number of nitrogens with zero attached hydrogens (tertiary/aromatic N) is 4. The predicted octanol–water partition coefficient (Wildman–Crippen LogP) is 2.72. The fourth-order valence-electron chi connectivity index (χ4n) is 4.26. The number of pyridine rings is 1. The molecule has 0 fully saturated rings. The monoisotopic (exact) mass is 525 g/mol. The average Bonchev–Trinajstić information content (AvgIpc) is 2.92. The second-order valence-electron chi connectivity index (χ2n) is 10.1. The summed E-state index contributed by atoms with van der Waals surface area (Å²) in [6.07, 6.45) is 2.04. The van der Waals surface area contributed by atoms with E-state index in [0.717, 1.165) is 12.0 Å². The average molecular weight is 526 g/mol. The predicted molar refractivity (Wildman–Crippen MR) is 145 cm³/mol. The molecule has 0 saturated carbocycles. The summed E-state index contributed by atoms with van der Waals surface area (Å²) in [4.78, 5) is 47.6. The summed E-state index contributed by atoms with van der Waals surface area (Å²) in [6, 6.07) is 8.24. The minimum atomic E-state index is -0.428. The molecule has 0 aliphatic carbocycles. The molecule has 0 spiro atoms. The van der Waals surface area contributed by atoms with Crippen molar-refractivity contribution in [2.45, 2.75) is 39.3 Å². The van der Waals surface area contributed by atoms with Crippen LogP contribution in [0.5, 0.6) is 5.88 Å². The second kappa shape index (κ2) is 12.7. The van der Waals surface area contributed by atoms with Gasteiger partial charge in [0.25, 0.3) is 11.8 Å². The molecule has 1 aromatic heterocycles. The van der Waals surface area contributed by atoms with Crippen LogP contribution in [0.15, 0.2) is 36.5 Å². The van der Waals surface area contributed by atoms with Gasteiger partial charge in [0.1, 0.15) is 11.7 Å². The van der Waals surface area contributed by atoms with Gasteiger partial charge in [-0.15, -0.1) is 0 Å². The summed E-state index contributed by atoms with van der Waals surface area (Å²) in [5.74, 6) is -0.328. The standard InChI is InChI=1S/C28H39N5O5/c1-7-12-29-28(37)32(6)16-24-18(2)15-33(19(3)17-34)27(36)23-13-22(14-30-25(23)38-24)20-8-10-21(11-9-20)26(35)31(4)5/h8-11,13-14,18-19,24,34H,7,12,15-17H2,1-6H3,(H,29,37)/t18-,19-,24-/m0/s1. The Bertz CT molecular complexity index is 1140. The third-order valence-corrected chi connectivity index (χ3v) is 6.72. The van der Waals surface area contributed by atoms with Gasteiger partial charge in [0.2, 0.25) is 5.88 Å². The van der Waals surface area contributed by atoms with E-state index in [1.165, 1.54) is 4.90 Å². The summed E-state index contributed by atoms with van der Waals surface area (Å²) < 4.78 is 6.28. The van der Waals surface area contributed by atoms with E-state index >= 15 is 0 Å². The molecule has 1 aliphatic rings. The van der Waals surface area contributed by atoms with Crippen molar-refractivity contribution in [1.29, 1.82) is 0 Å². The zero-order valence-corrected chi connectivity index (χ0v) is 23.1. The molecule has 10 nitrogen and oxygen atoms in total. The lowest BCUT2D eigenvalue weighted by Gasteiger charge is -2.37. The Kier molecular flexibility index (Phi) is 9.68. The van der Waals surface area contributed by atoms with E-state index in [9.17, 15) is 19.5 Å². The molecule has 10 heteroatoms. The van der Waals surface area contributed by atoms with Gasteiger partial charge in [-0.05, 0) is 37.1 Å². The minimum absolute atomic E-state index is 0.0985. The lowest BCUT2D eigenvalue weighted by atomic mass is 9.99. The van der Waals surface area contributed by atoms with E-state index in [-0.39, 0.29) is 41.8 Å². The molecule has 2 N–H and O–H groups in total. The molecule has 0 unspecified atom stereocenters. The Balaban J connectivity index is 1.96. The third kappa shape index (κ3) is 6.61. The number of likely N-dealkylation sites (N-methyl/N-ethyl adjacent to an activating group) is 1. The maximum atomic E-state index is 13.7. The molecule has 3 atom stereocenters. The van der Waals surface area contributed by atoms with Gasteiger partial charge in [0.15, 0.2) is 0 Å². The molecule has 1 aromatic carbocycles. The van der Waals surface area contributed by atoms with Crippen LogP contribution in [0, 0.1) is 5.92 Å². The minimum Gasteiger partial charge on any atom is -0.472 e. The summed E-state index contributed by atoms with van der Waals surface area (Å²) in [5, 5.41) is 12.7. The molecule has 3 rings (SSSR count). The number of nitrogens with one attached hydrogen (secondary N) is 1. The van der Waals surface area contributed by atoms with Crippen LogP contribution >= 0.6 is 0 Å². The number of carbonyl (C=O) groups is 3. The van der Waals surface area contributed by atoms with Crippen molar-refractivity contribution in [2.75, 3.05) is 47.4 Å². The van der Waals surface area contributed by atoms with E-state index in [2.05, 4.69) is 10.3 Å². The molecule has 206 valence electrons. The zero-order valence-electron chi connectivity index (χ0n) is 23.1. The molecule has 0 saturated heterocycles. The topological polar surface area (TPSA) is 115 Å². The first-order valence-electron chi connectivity index (χ1n) is 13.0. The highest BCUT2D eigenvalue weighted by molar-refractivity contribution is 5.98. The number of fused-ring (bicyclic) bond motifs is 1. The summed E-state index contributed by atoms with van der Waals surface area (Å²) in [6.45, 7) is 6.79. The molecule has 0 bridgehead atoms. The first-order valence-corrected chi connectivity index (χ1v) is 13.0. The fourth-order valence-corrected chi connectivity index (χ4v) is 4.26. The Morgan fingerprint density at radius 1 is 1.21 bits per heavy atom. The van der Waals surface area contributed by atoms with E-state index in [4.69, 9.17) is 4.74 Å². The largest absolute Gasteiger partial charge is 0.472 e. The zero-order chi connectivity index (χ0) is 28.0. The van der Waals surface area contributed by atoms with Crippen LogP contribution in [-0.4, -0.2) is 102 Å². The third-order valence-electron chi connectivity index (χ3n) is 6.72. The lowest BCUT2D eigenvalue weighted by molar-refractivity contribution is 0.0352. The van der Waals surface area contributed by atoms with Crippen molar-refractivity contribution >= 4 is 17.8 Å². The maximum absolute atomic E-state index is 13.7. The van der Waals surface area contributed by atoms with Gasteiger partial charge in [-0.1, -0.05) is 26.0 Å². The van der Waals surface area contributed by atoms with E-state index in [1.807, 2.05) is 26.0 Å². The lowest BCUT2D eigenvalue weighted by Crippen LogP contribution is -2.51. The Hall–Kier alpha value is -3.66. The molecular formula is C28H39N5O5. The quantitative estimate of drug-likeness (QED) is 0.548. The smallest absolute Gasteiger partial charge is 0.317 e. The van der Waals surface area contributed by atoms with Crippen LogP contribution in [0.4, 0.5) is 4.79 Å². The van der Waals surface area contributed by atoms with Gasteiger partial charge < -0.3 is 29.9 Å². The number of aromatic nitrogens is 1. The first-order chi connectivity index (χ1) is 18.1. The van der Waals surface area contributed by atoms with Crippen LogP contribution < -0.4 is 10.1 Å². The van der Waals surface area contributed by atoms with Gasteiger partial charge in [-0.3, -0.25) is 9.59 Å². The second-order valence-corrected chi connectivity index (χ2v) is 10.1. The van der Waals surface area contributed by atoms with Gasteiger partial charge >= 0.3 is 6.03 Å². The van der Waals surface area contributed by atoms with Crippen molar-refractivity contribution < 1.29 is 24.2 Å². The fraction of sp³-hybridized carbons (Fsp3) is 0.500. The summed E-state index contributed by atoms with van der Waals surface area (Å²) in [7, 11) is 5.11. The normalized spacial score (nSPS) is 18.0. The summed E-state index contributed by atoms with van der Waals surface area (Å²) >= 11 is 0. The van der Waals surface area contributed by atoms with Crippen molar-refractivity contribution in [2.24, 2.45) is 5.92 Å². The van der Waals surface area contributed by atoms with Gasteiger partial charge in [0.05, 0.1) is 19.2 Å². The van der Waals surface area contributed by atoms with Crippen LogP contribution in [0.25, 0.3) is 11.1 Å². The Morgan fingerprint density at radius 2 is 1.89 bits per heavy atom. The van der Waals surface area contributed by atoms with Crippen molar-refractivity contribution in [3.8, 4) is 17.0 Å². The SMILES string of the molecule is CCCNC(=O)N(C)C[C@@H]1Oc2ncc(-c3ccc(C(=O)N(C)C)cc3)cc2C(=O)N([C@@H](C)CO)C[C@@H]1C. The number of ether oxygens (including phenoxy) is 1. The Morgan fingerprint density at radius 3 is 2.50 bits per heavy atom. The molecule has 38 heavy (non-hydrogen) atoms. The molecule has 2 heterocycles. The molecule has 0 radical (unpaired) electrons. The molecule has 4 amide bonds. The van der Waals surface area contributed by atoms with Gasteiger partial charge in [0, 0.05) is 57.5 Å². The van der Waals surface area contributed by atoms with Crippen molar-refractivity contribution in [1.82, 2.24) is 25.0 Å². The summed E-state index contributed by atoms with van der Waals surface area (Å²) in [5.41, 5.74) is 2.34. The highest BCUT2D eigenvalue weighted by Crippen LogP contribution is 2.30. The number of urea groups is 1. The van der Waals surface area contributed by atoms with Crippen LogP contribution in [-0.2, 0) is 0 Å². The van der Waals surface area contributed by atoms with Crippen molar-refractivity contribution in [3.05, 3.63) is 47.7 Å². The van der Waals surface area contributed by atoms with Gasteiger partial charge in [-0.2, -0.15) is 0 Å². The number of benzene rings is 1. The van der Waals surface area contributed by atoms with Crippen LogP contribution in [0.2, 0.25) is 0 Å². The number of hydrogen-bond acceptors (Lipinski definition) is 6. The maximum Gasteiger partial charge on any atom is 0.317 e. The number of aliphatic hydroxyl groups excluding tert-OH is 1. The van der Waals surface area contributed by atoms with Crippen LogP contribution in [0.3, 0.4) is 0 Å². The van der Waals surface area contributed by atoms with Crippen LogP contribution in [0.1, 0.15) is 47.9 Å². The number of aliphatic hydroxyl groups is 1.